The van der Waals surface area contributed by atoms with Crippen LogP contribution < -0.4 is 0 Å². The van der Waals surface area contributed by atoms with E-state index in [4.69, 9.17) is 8.83 Å². The number of aromatic nitrogens is 2. The van der Waals surface area contributed by atoms with Gasteiger partial charge in [-0.3, -0.25) is 0 Å². The summed E-state index contributed by atoms with van der Waals surface area (Å²) in [4.78, 5) is 0. The van der Waals surface area contributed by atoms with E-state index in [2.05, 4.69) is 212 Å². The average molecular weight is 885 g/mol. The molecule has 13 rings (SSSR count). The first-order valence-corrected chi connectivity index (χ1v) is 24.7. The standard InChI is InChI=1S/C64H56N2O2/c1-33(2)39-13-19-55-49(25-39)50-26-40(34(3)4)14-20-56(50)65(55)47-17-11-43-29-53-59(31-45(43)23-47)67-63-38(10)62-54-30-44-12-18-48(24-46(44)32-60(54)68-64(62)37(9)61(53)63)66-57-21-15-41(35(5)6)27-51(57)52-28-42(36(7)8)16-22-58(52)66/h11-36H,1-10H3. The maximum atomic E-state index is 6.94. The molecule has 4 nitrogen and oxygen atoms in total. The lowest BCUT2D eigenvalue weighted by atomic mass is 9.97. The molecule has 0 aliphatic carbocycles. The molecule has 0 spiro atoms. The first-order valence-electron chi connectivity index (χ1n) is 24.7. The molecule has 0 N–H and O–H groups in total. The summed E-state index contributed by atoms with van der Waals surface area (Å²) in [6, 6.07) is 50.9. The van der Waals surface area contributed by atoms with E-state index < -0.39 is 0 Å². The van der Waals surface area contributed by atoms with Crippen molar-refractivity contribution >= 4 is 109 Å². The van der Waals surface area contributed by atoms with E-state index >= 15 is 0 Å². The van der Waals surface area contributed by atoms with Gasteiger partial charge in [-0.2, -0.15) is 0 Å². The van der Waals surface area contributed by atoms with Crippen LogP contribution in [0.15, 0.2) is 142 Å². The van der Waals surface area contributed by atoms with E-state index in [9.17, 15) is 0 Å². The first kappa shape index (κ1) is 40.9. The Bertz CT molecular complexity index is 3880. The van der Waals surface area contributed by atoms with Crippen LogP contribution in [0.5, 0.6) is 0 Å². The van der Waals surface area contributed by atoms with E-state index in [1.807, 2.05) is 0 Å². The van der Waals surface area contributed by atoms with E-state index in [0.29, 0.717) is 23.7 Å². The van der Waals surface area contributed by atoms with Crippen LogP contribution in [0.25, 0.3) is 120 Å². The lowest BCUT2D eigenvalue weighted by Crippen LogP contribution is -1.95. The van der Waals surface area contributed by atoms with Gasteiger partial charge in [0.2, 0.25) is 0 Å². The fraction of sp³-hybridized carbons (Fsp3) is 0.219. The van der Waals surface area contributed by atoms with Gasteiger partial charge in [0.05, 0.1) is 22.1 Å². The first-order chi connectivity index (χ1) is 32.8. The summed E-state index contributed by atoms with van der Waals surface area (Å²) in [5.74, 6) is 1.82. The van der Waals surface area contributed by atoms with Crippen molar-refractivity contribution in [1.82, 2.24) is 9.13 Å². The minimum absolute atomic E-state index is 0.456. The molecule has 0 aliphatic heterocycles. The van der Waals surface area contributed by atoms with Crippen molar-refractivity contribution in [2.24, 2.45) is 0 Å². The van der Waals surface area contributed by atoms with Crippen LogP contribution in [0, 0.1) is 13.8 Å². The second-order valence-corrected chi connectivity index (χ2v) is 21.0. The van der Waals surface area contributed by atoms with Gasteiger partial charge in [-0.15, -0.1) is 0 Å². The molecule has 0 amide bonds. The van der Waals surface area contributed by atoms with E-state index in [-0.39, 0.29) is 0 Å². The van der Waals surface area contributed by atoms with Crippen LogP contribution in [0.3, 0.4) is 0 Å². The number of rotatable bonds is 6. The molecule has 4 heterocycles. The Balaban J connectivity index is 0.945. The van der Waals surface area contributed by atoms with Gasteiger partial charge in [0.1, 0.15) is 22.3 Å². The average Bonchev–Trinajstić information content (AvgIpc) is 4.08. The lowest BCUT2D eigenvalue weighted by molar-refractivity contribution is 0.660. The zero-order chi connectivity index (χ0) is 46.6. The molecule has 13 aromatic rings. The predicted molar refractivity (Wildman–Crippen MR) is 291 cm³/mol. The zero-order valence-corrected chi connectivity index (χ0v) is 40.7. The van der Waals surface area contributed by atoms with Crippen molar-refractivity contribution in [2.75, 3.05) is 0 Å². The molecule has 0 radical (unpaired) electrons. The lowest BCUT2D eigenvalue weighted by Gasteiger charge is -2.11. The summed E-state index contributed by atoms with van der Waals surface area (Å²) >= 11 is 0. The normalized spacial score (nSPS) is 12.8. The maximum absolute atomic E-state index is 6.94. The highest BCUT2D eigenvalue weighted by molar-refractivity contribution is 6.22. The third kappa shape index (κ3) is 5.85. The van der Waals surface area contributed by atoms with Crippen LogP contribution in [0.1, 0.15) is 112 Å². The molecule has 0 bridgehead atoms. The molecule has 0 saturated carbocycles. The molecule has 4 aromatic heterocycles. The zero-order valence-electron chi connectivity index (χ0n) is 40.7. The Morgan fingerprint density at radius 2 is 0.647 bits per heavy atom. The molecule has 0 aliphatic rings. The third-order valence-corrected chi connectivity index (χ3v) is 15.5. The Labute approximate surface area is 396 Å². The van der Waals surface area contributed by atoms with Crippen molar-refractivity contribution in [2.45, 2.75) is 92.9 Å². The Hall–Kier alpha value is -7.30. The summed E-state index contributed by atoms with van der Waals surface area (Å²) in [7, 11) is 0. The summed E-state index contributed by atoms with van der Waals surface area (Å²) < 4.78 is 18.8. The Morgan fingerprint density at radius 3 is 0.956 bits per heavy atom. The maximum Gasteiger partial charge on any atom is 0.139 e. The number of aryl methyl sites for hydroxylation is 2. The van der Waals surface area contributed by atoms with Crippen molar-refractivity contribution in [3.05, 3.63) is 167 Å². The van der Waals surface area contributed by atoms with Gasteiger partial charge in [-0.25, -0.2) is 0 Å². The summed E-state index contributed by atoms with van der Waals surface area (Å²) in [6.07, 6.45) is 0. The van der Waals surface area contributed by atoms with Crippen molar-refractivity contribution < 1.29 is 8.83 Å². The van der Waals surface area contributed by atoms with Gasteiger partial charge in [-0.05, 0) is 178 Å². The number of furan rings is 2. The number of nitrogens with zero attached hydrogens (tertiary/aromatic N) is 2. The highest BCUT2D eigenvalue weighted by Gasteiger charge is 2.23. The van der Waals surface area contributed by atoms with Crippen LogP contribution in [0.4, 0.5) is 0 Å². The molecule has 9 aromatic carbocycles. The monoisotopic (exact) mass is 884 g/mol. The second-order valence-electron chi connectivity index (χ2n) is 21.0. The molecule has 4 heteroatoms. The topological polar surface area (TPSA) is 36.1 Å². The number of benzene rings is 9. The molecule has 0 atom stereocenters. The highest BCUT2D eigenvalue weighted by atomic mass is 16.3. The smallest absolute Gasteiger partial charge is 0.139 e. The minimum Gasteiger partial charge on any atom is -0.456 e. The van der Waals surface area contributed by atoms with Crippen molar-refractivity contribution in [3.63, 3.8) is 0 Å². The summed E-state index contributed by atoms with van der Waals surface area (Å²) in [5, 5.41) is 14.4. The number of fused-ring (bicyclic) bond motifs is 14. The van der Waals surface area contributed by atoms with Crippen LogP contribution in [-0.2, 0) is 0 Å². The van der Waals surface area contributed by atoms with Crippen LogP contribution in [-0.4, -0.2) is 9.13 Å². The van der Waals surface area contributed by atoms with E-state index in [0.717, 1.165) is 77.2 Å². The van der Waals surface area contributed by atoms with Gasteiger partial charge in [0, 0.05) is 65.6 Å². The number of hydrogen-bond donors (Lipinski definition) is 0. The van der Waals surface area contributed by atoms with Gasteiger partial charge in [0.15, 0.2) is 0 Å². The van der Waals surface area contributed by atoms with Crippen LogP contribution >= 0.6 is 0 Å². The van der Waals surface area contributed by atoms with Gasteiger partial charge in [-0.1, -0.05) is 91.8 Å². The summed E-state index contributed by atoms with van der Waals surface area (Å²) in [6.45, 7) is 22.6. The van der Waals surface area contributed by atoms with Crippen molar-refractivity contribution in [3.8, 4) is 11.4 Å². The molecule has 0 saturated heterocycles. The van der Waals surface area contributed by atoms with E-state index in [1.54, 1.807) is 0 Å². The minimum atomic E-state index is 0.456. The fourth-order valence-corrected chi connectivity index (χ4v) is 11.5. The van der Waals surface area contributed by atoms with Gasteiger partial charge in [0.25, 0.3) is 0 Å². The van der Waals surface area contributed by atoms with Crippen LogP contribution in [0.2, 0.25) is 0 Å². The molecule has 0 fully saturated rings. The molecule has 334 valence electrons. The molecule has 68 heavy (non-hydrogen) atoms. The quantitative estimate of drug-likeness (QED) is 0.167. The molecule has 0 unspecified atom stereocenters. The van der Waals surface area contributed by atoms with Gasteiger partial charge >= 0.3 is 0 Å². The Morgan fingerprint density at radius 1 is 0.324 bits per heavy atom. The SMILES string of the molecule is Cc1c2oc3cc4cc(-n5c6ccc(C(C)C)cc6c6cc(C(C)C)ccc65)ccc4cc3c2c(C)c2oc3cc4cc(-n5c6ccc(C(C)C)cc6c6cc(C(C)C)ccc65)ccc4cc3c12. The Kier molecular flexibility index (Phi) is 8.79. The largest absolute Gasteiger partial charge is 0.456 e. The predicted octanol–water partition coefficient (Wildman–Crippen LogP) is 19.1. The second kappa shape index (κ2) is 14.6. The molecular formula is C64H56N2O2. The fourth-order valence-electron chi connectivity index (χ4n) is 11.5. The number of hydrogen-bond acceptors (Lipinski definition) is 2. The van der Waals surface area contributed by atoms with Gasteiger partial charge < -0.3 is 18.0 Å². The van der Waals surface area contributed by atoms with Crippen molar-refractivity contribution in [1.29, 1.82) is 0 Å². The third-order valence-electron chi connectivity index (χ3n) is 15.5. The van der Waals surface area contributed by atoms with E-state index in [1.165, 1.54) is 76.6 Å². The summed E-state index contributed by atoms with van der Waals surface area (Å²) in [5.41, 5.74) is 18.5. The molecular weight excluding hydrogens is 829 g/mol. The highest BCUT2D eigenvalue weighted by Crippen LogP contribution is 2.46.